The Bertz CT molecular complexity index is 718. The minimum absolute atomic E-state index is 0.396. The summed E-state index contributed by atoms with van der Waals surface area (Å²) < 4.78 is 9.84. The van der Waals surface area contributed by atoms with Gasteiger partial charge < -0.3 is 20.1 Å². The van der Waals surface area contributed by atoms with Gasteiger partial charge in [-0.05, 0) is 37.6 Å². The number of urea groups is 1. The molecule has 1 atom stereocenters. The molecule has 26 heavy (non-hydrogen) atoms. The highest BCUT2D eigenvalue weighted by Gasteiger charge is 2.47. The molecule has 1 aromatic carbocycles. The van der Waals surface area contributed by atoms with Gasteiger partial charge in [-0.2, -0.15) is 0 Å². The van der Waals surface area contributed by atoms with E-state index < -0.39 is 42.5 Å². The van der Waals surface area contributed by atoms with E-state index in [1.165, 1.54) is 7.11 Å². The van der Waals surface area contributed by atoms with Gasteiger partial charge in [0.2, 0.25) is 0 Å². The third-order valence-electron chi connectivity index (χ3n) is 4.08. The lowest BCUT2D eigenvalue weighted by Gasteiger charge is -2.18. The van der Waals surface area contributed by atoms with E-state index in [1.807, 2.05) is 0 Å². The molecule has 0 spiro atoms. The van der Waals surface area contributed by atoms with Crippen LogP contribution >= 0.6 is 0 Å². The molecule has 0 aliphatic carbocycles. The van der Waals surface area contributed by atoms with E-state index >= 15 is 0 Å². The number of anilines is 1. The Balaban J connectivity index is 1.82. The molecule has 1 aliphatic rings. The number of hydrogen-bond acceptors (Lipinski definition) is 6. The van der Waals surface area contributed by atoms with E-state index in [-0.39, 0.29) is 0 Å². The smallest absolute Gasteiger partial charge is 0.326 e. The predicted octanol–water partition coefficient (Wildman–Crippen LogP) is 0.897. The molecule has 140 valence electrons. The molecule has 0 unspecified atom stereocenters. The number of methoxy groups -OCH3 is 1. The summed E-state index contributed by atoms with van der Waals surface area (Å²) in [5.74, 6) is -1.25. The van der Waals surface area contributed by atoms with Gasteiger partial charge in [0.1, 0.15) is 17.8 Å². The molecule has 1 heterocycles. The molecular formula is C17H21N3O6. The second-order valence-electron chi connectivity index (χ2n) is 5.94. The fourth-order valence-electron chi connectivity index (χ4n) is 2.32. The van der Waals surface area contributed by atoms with Crippen LogP contribution in [0.25, 0.3) is 0 Å². The molecule has 0 saturated carbocycles. The van der Waals surface area contributed by atoms with E-state index in [9.17, 15) is 19.2 Å². The van der Waals surface area contributed by atoms with Gasteiger partial charge in [-0.25, -0.2) is 4.79 Å². The maximum atomic E-state index is 12.2. The van der Waals surface area contributed by atoms with E-state index in [1.54, 1.807) is 38.1 Å². The van der Waals surface area contributed by atoms with Crippen molar-refractivity contribution in [1.29, 1.82) is 0 Å². The summed E-state index contributed by atoms with van der Waals surface area (Å²) in [5.41, 5.74) is -0.511. The predicted molar refractivity (Wildman–Crippen MR) is 91.5 cm³/mol. The summed E-state index contributed by atoms with van der Waals surface area (Å²) in [5, 5.41) is 5.08. The van der Waals surface area contributed by atoms with E-state index in [4.69, 9.17) is 9.47 Å². The number of nitrogens with one attached hydrogen (secondary N) is 2. The quantitative estimate of drug-likeness (QED) is 0.549. The zero-order valence-electron chi connectivity index (χ0n) is 14.8. The van der Waals surface area contributed by atoms with Crippen molar-refractivity contribution in [2.24, 2.45) is 0 Å². The first-order chi connectivity index (χ1) is 12.3. The highest BCUT2D eigenvalue weighted by molar-refractivity contribution is 6.08. The van der Waals surface area contributed by atoms with Crippen molar-refractivity contribution in [1.82, 2.24) is 10.2 Å². The SMILES string of the molecule is CC[C@]1(C)NC(=O)N(CC(=O)OCC(=O)Nc2ccc(OC)cc2)C1=O. The maximum absolute atomic E-state index is 12.2. The molecular weight excluding hydrogens is 342 g/mol. The van der Waals surface area contributed by atoms with E-state index in [0.717, 1.165) is 4.90 Å². The summed E-state index contributed by atoms with van der Waals surface area (Å²) in [6, 6.07) is 5.96. The summed E-state index contributed by atoms with van der Waals surface area (Å²) >= 11 is 0. The lowest BCUT2D eigenvalue weighted by atomic mass is 9.99. The van der Waals surface area contributed by atoms with Crippen LogP contribution in [0.2, 0.25) is 0 Å². The minimum Gasteiger partial charge on any atom is -0.497 e. The molecule has 4 amide bonds. The molecule has 9 nitrogen and oxygen atoms in total. The molecule has 2 N–H and O–H groups in total. The van der Waals surface area contributed by atoms with Crippen molar-refractivity contribution >= 4 is 29.5 Å². The van der Waals surface area contributed by atoms with Crippen LogP contribution in [0, 0.1) is 0 Å². The first-order valence-electron chi connectivity index (χ1n) is 8.02. The van der Waals surface area contributed by atoms with E-state index in [0.29, 0.717) is 17.9 Å². The number of nitrogens with zero attached hydrogens (tertiary/aromatic N) is 1. The Morgan fingerprint density at radius 2 is 1.88 bits per heavy atom. The molecule has 1 fully saturated rings. The first kappa shape index (κ1) is 19.2. The number of imide groups is 1. The number of rotatable bonds is 7. The van der Waals surface area contributed by atoms with Crippen LogP contribution in [-0.2, 0) is 19.1 Å². The Hall–Kier alpha value is -3.10. The zero-order chi connectivity index (χ0) is 19.3. The summed E-state index contributed by atoms with van der Waals surface area (Å²) in [4.78, 5) is 48.4. The average molecular weight is 363 g/mol. The number of esters is 1. The second kappa shape index (κ2) is 7.85. The highest BCUT2D eigenvalue weighted by Crippen LogP contribution is 2.20. The van der Waals surface area contributed by atoms with Gasteiger partial charge in [-0.15, -0.1) is 0 Å². The number of hydrogen-bond donors (Lipinski definition) is 2. The van der Waals surface area contributed by atoms with E-state index in [2.05, 4.69) is 10.6 Å². The molecule has 2 rings (SSSR count). The lowest BCUT2D eigenvalue weighted by molar-refractivity contribution is -0.150. The fraction of sp³-hybridized carbons (Fsp3) is 0.412. The average Bonchev–Trinajstić information content (AvgIpc) is 2.84. The molecule has 9 heteroatoms. The van der Waals surface area contributed by atoms with Gasteiger partial charge >= 0.3 is 12.0 Å². The highest BCUT2D eigenvalue weighted by atomic mass is 16.5. The molecule has 1 aromatic rings. The molecule has 0 aromatic heterocycles. The van der Waals surface area contributed by atoms with Crippen LogP contribution in [-0.4, -0.2) is 54.5 Å². The largest absolute Gasteiger partial charge is 0.497 e. The van der Waals surface area contributed by atoms with Gasteiger partial charge in [0.25, 0.3) is 11.8 Å². The molecule has 1 aliphatic heterocycles. The zero-order valence-corrected chi connectivity index (χ0v) is 14.8. The van der Waals surface area contributed by atoms with Gasteiger partial charge in [0.15, 0.2) is 6.61 Å². The van der Waals surface area contributed by atoms with Crippen LogP contribution in [0.3, 0.4) is 0 Å². The van der Waals surface area contributed by atoms with Crippen LogP contribution in [0.5, 0.6) is 5.75 Å². The van der Waals surface area contributed by atoms with Crippen molar-refractivity contribution < 1.29 is 28.7 Å². The van der Waals surface area contributed by atoms with Gasteiger partial charge in [-0.1, -0.05) is 6.92 Å². The van der Waals surface area contributed by atoms with Gasteiger partial charge in [0, 0.05) is 5.69 Å². The maximum Gasteiger partial charge on any atom is 0.326 e. The van der Waals surface area contributed by atoms with Crippen LogP contribution in [0.1, 0.15) is 20.3 Å². The standard InChI is InChI=1S/C17H21N3O6/c1-4-17(2)15(23)20(16(24)19-17)9-14(22)26-10-13(21)18-11-5-7-12(25-3)8-6-11/h5-8H,4,9-10H2,1-3H3,(H,18,21)(H,19,24)/t17-/m0/s1. The Labute approximate surface area is 150 Å². The van der Waals surface area contributed by atoms with Gasteiger partial charge in [0.05, 0.1) is 7.11 Å². The monoisotopic (exact) mass is 363 g/mol. The molecule has 1 saturated heterocycles. The third kappa shape index (κ3) is 4.29. The van der Waals surface area contributed by atoms with Gasteiger partial charge in [-0.3, -0.25) is 19.3 Å². The lowest BCUT2D eigenvalue weighted by Crippen LogP contribution is -2.43. The van der Waals surface area contributed by atoms with Crippen LogP contribution in [0.15, 0.2) is 24.3 Å². The molecule has 0 bridgehead atoms. The Morgan fingerprint density at radius 3 is 2.42 bits per heavy atom. The Kier molecular flexibility index (Phi) is 5.81. The molecule has 0 radical (unpaired) electrons. The number of ether oxygens (including phenoxy) is 2. The van der Waals surface area contributed by atoms with Crippen molar-refractivity contribution in [2.45, 2.75) is 25.8 Å². The Morgan fingerprint density at radius 1 is 1.23 bits per heavy atom. The third-order valence-corrected chi connectivity index (χ3v) is 4.08. The summed E-state index contributed by atoms with van der Waals surface area (Å²) in [6.45, 7) is 2.26. The summed E-state index contributed by atoms with van der Waals surface area (Å²) in [7, 11) is 1.53. The number of carbonyl (C=O) groups is 4. The number of carbonyl (C=O) groups excluding carboxylic acids is 4. The number of benzene rings is 1. The van der Waals surface area contributed by atoms with Crippen molar-refractivity contribution in [2.75, 3.05) is 25.6 Å². The normalized spacial score (nSPS) is 19.1. The van der Waals surface area contributed by atoms with Crippen molar-refractivity contribution in [3.05, 3.63) is 24.3 Å². The van der Waals surface area contributed by atoms with Crippen LogP contribution < -0.4 is 15.4 Å². The fourth-order valence-corrected chi connectivity index (χ4v) is 2.32. The first-order valence-corrected chi connectivity index (χ1v) is 8.02. The summed E-state index contributed by atoms with van der Waals surface area (Å²) in [6.07, 6.45) is 0.396. The topological polar surface area (TPSA) is 114 Å². The van der Waals surface area contributed by atoms with Crippen molar-refractivity contribution in [3.8, 4) is 5.75 Å². The second-order valence-corrected chi connectivity index (χ2v) is 5.94. The van der Waals surface area contributed by atoms with Crippen LogP contribution in [0.4, 0.5) is 10.5 Å². The van der Waals surface area contributed by atoms with Crippen molar-refractivity contribution in [3.63, 3.8) is 0 Å². The number of amides is 4. The minimum atomic E-state index is -1.02.